The lowest BCUT2D eigenvalue weighted by Gasteiger charge is -2.29. The van der Waals surface area contributed by atoms with E-state index in [9.17, 15) is 0 Å². The second kappa shape index (κ2) is 12.5. The Morgan fingerprint density at radius 1 is 0.538 bits per heavy atom. The zero-order valence-corrected chi connectivity index (χ0v) is 25.2. The zero-order chi connectivity index (χ0) is 19.9. The number of halogens is 3. The maximum Gasteiger partial charge on any atom is 0.256 e. The van der Waals surface area contributed by atoms with Crippen LogP contribution in [0.2, 0.25) is 0 Å². The lowest BCUT2D eigenvalue weighted by atomic mass is 11.0. The van der Waals surface area contributed by atoms with Gasteiger partial charge in [-0.2, -0.15) is 13.5 Å². The van der Waals surface area contributed by atoms with Crippen molar-refractivity contribution in [2.24, 2.45) is 18.1 Å². The van der Waals surface area contributed by atoms with Gasteiger partial charge in [-0.3, -0.25) is 0 Å². The molecular weight excluding hydrogens is 567 g/mol. The number of rotatable bonds is 10. The molecule has 156 valence electrons. The van der Waals surface area contributed by atoms with Crippen molar-refractivity contribution in [3.8, 4) is 0 Å². The third-order valence-electron chi connectivity index (χ3n) is 2.37. The zero-order valence-electron chi connectivity index (χ0n) is 15.3. The number of hydrogen-bond acceptors (Lipinski definition) is 9. The highest BCUT2D eigenvalue weighted by Gasteiger charge is 2.36. The van der Waals surface area contributed by atoms with Crippen LogP contribution in [0.1, 0.15) is 34.6 Å². The minimum absolute atomic E-state index is 0.805. The van der Waals surface area contributed by atoms with E-state index in [4.69, 9.17) is 51.8 Å². The molecule has 16 heteroatoms. The van der Waals surface area contributed by atoms with Gasteiger partial charge in [-0.15, -0.1) is 0 Å². The third-order valence-corrected chi connectivity index (χ3v) is 36.2. The Balaban J connectivity index is 3.91. The van der Waals surface area contributed by atoms with E-state index >= 15 is 0 Å². The average Bonchev–Trinajstić information content (AvgIpc) is 2.45. The minimum atomic E-state index is -2.92. The van der Waals surface area contributed by atoms with Crippen molar-refractivity contribution in [1.29, 1.82) is 0 Å². The third kappa shape index (κ3) is 8.58. The standard InChI is InChI=1S/C10H25Cl3N4P4S5/c1-6-22-19(13)14-18(11,12)15-20(23-7-2,24-8-3)17-21(16-19,25-9-4)26-10-5/h6-10H2,1-5H3. The van der Waals surface area contributed by atoms with Crippen molar-refractivity contribution < 1.29 is 0 Å². The summed E-state index contributed by atoms with van der Waals surface area (Å²) in [4.78, 5) is 0. The molecule has 1 unspecified atom stereocenters. The maximum absolute atomic E-state index is 6.92. The average molecular weight is 592 g/mol. The summed E-state index contributed by atoms with van der Waals surface area (Å²) in [6.45, 7) is 10.6. The monoisotopic (exact) mass is 590 g/mol. The molecule has 26 heavy (non-hydrogen) atoms. The van der Waals surface area contributed by atoms with Gasteiger partial charge in [0.25, 0.3) is 5.91 Å². The normalized spacial score (nSPS) is 26.5. The second-order valence-electron chi connectivity index (χ2n) is 4.36. The van der Waals surface area contributed by atoms with E-state index in [1.807, 2.05) is 29.7 Å². The van der Waals surface area contributed by atoms with Crippen LogP contribution >= 0.6 is 114 Å². The summed E-state index contributed by atoms with van der Waals surface area (Å²) in [5.74, 6) is -1.05. The molecule has 0 saturated carbocycles. The topological polar surface area (TPSA) is 49.4 Å². The lowest BCUT2D eigenvalue weighted by molar-refractivity contribution is 1.53. The van der Waals surface area contributed by atoms with Crippen LogP contribution in [-0.2, 0) is 0 Å². The van der Waals surface area contributed by atoms with Crippen molar-refractivity contribution in [2.75, 3.05) is 28.8 Å². The van der Waals surface area contributed by atoms with Crippen LogP contribution in [0.15, 0.2) is 18.1 Å². The van der Waals surface area contributed by atoms with Gasteiger partial charge in [0.15, 0.2) is 11.2 Å². The molecule has 0 aromatic heterocycles. The molecule has 0 aromatic carbocycles. The van der Waals surface area contributed by atoms with Crippen molar-refractivity contribution in [3.05, 3.63) is 0 Å². The fourth-order valence-electron chi connectivity index (χ4n) is 1.79. The fraction of sp³-hybridized carbons (Fsp3) is 1.00. The van der Waals surface area contributed by atoms with Crippen LogP contribution in [0.3, 0.4) is 0 Å². The Kier molecular flexibility index (Phi) is 13.3. The molecule has 0 radical (unpaired) electrons. The van der Waals surface area contributed by atoms with Crippen molar-refractivity contribution in [3.63, 3.8) is 0 Å². The van der Waals surface area contributed by atoms with E-state index in [0.717, 1.165) is 28.8 Å². The minimum Gasteiger partial charge on any atom is -0.202 e. The summed E-state index contributed by atoms with van der Waals surface area (Å²) in [5.41, 5.74) is -4.35. The molecule has 0 saturated heterocycles. The fourth-order valence-corrected chi connectivity index (χ4v) is 48.9. The summed E-state index contributed by atoms with van der Waals surface area (Å²) in [6.07, 6.45) is 0. The molecule has 4 nitrogen and oxygen atoms in total. The van der Waals surface area contributed by atoms with Gasteiger partial charge in [-0.05, 0) is 62.5 Å². The summed E-state index contributed by atoms with van der Waals surface area (Å²) in [6, 6.07) is 0. The molecule has 0 amide bonds. The van der Waals surface area contributed by atoms with Gasteiger partial charge < -0.3 is 0 Å². The predicted octanol–water partition coefficient (Wildman–Crippen LogP) is 12.3. The molecule has 1 rings (SSSR count). The first-order chi connectivity index (χ1) is 12.1. The summed E-state index contributed by atoms with van der Waals surface area (Å²) in [5, 5.41) is 0. The Labute approximate surface area is 193 Å². The quantitative estimate of drug-likeness (QED) is 0.236. The van der Waals surface area contributed by atoms with Crippen LogP contribution in [-0.4, -0.2) is 28.8 Å². The number of hydrogen-bond donors (Lipinski definition) is 0. The van der Waals surface area contributed by atoms with Crippen molar-refractivity contribution >= 4 is 114 Å². The van der Waals surface area contributed by atoms with E-state index in [1.165, 1.54) is 0 Å². The van der Waals surface area contributed by atoms with Crippen LogP contribution in [0.5, 0.6) is 0 Å². The molecule has 1 atom stereocenters. The van der Waals surface area contributed by atoms with E-state index < -0.39 is 22.9 Å². The van der Waals surface area contributed by atoms with E-state index in [1.54, 1.807) is 34.1 Å². The summed E-state index contributed by atoms with van der Waals surface area (Å²) < 4.78 is 20.2. The molecule has 0 aliphatic carbocycles. The van der Waals surface area contributed by atoms with E-state index in [2.05, 4.69) is 27.7 Å². The molecule has 1 aliphatic heterocycles. The highest BCUT2D eigenvalue weighted by atomic mass is 35.9. The Morgan fingerprint density at radius 2 is 0.923 bits per heavy atom. The highest BCUT2D eigenvalue weighted by Crippen LogP contribution is 2.94. The molecule has 0 fully saturated rings. The van der Waals surface area contributed by atoms with Crippen LogP contribution in [0.25, 0.3) is 0 Å². The molecular formula is C10H25Cl3N4P4S5. The van der Waals surface area contributed by atoms with Gasteiger partial charge in [-0.25, -0.2) is 4.52 Å². The summed E-state index contributed by atoms with van der Waals surface area (Å²) in [7, 11) is 0. The maximum atomic E-state index is 6.92. The summed E-state index contributed by atoms with van der Waals surface area (Å²) >= 11 is 28.8. The van der Waals surface area contributed by atoms with Crippen LogP contribution in [0.4, 0.5) is 0 Å². The van der Waals surface area contributed by atoms with Crippen LogP contribution in [0, 0.1) is 0 Å². The smallest absolute Gasteiger partial charge is 0.202 e. The number of nitrogens with zero attached hydrogens (tertiary/aromatic N) is 4. The van der Waals surface area contributed by atoms with Gasteiger partial charge in [0.05, 0.1) is 0 Å². The predicted molar refractivity (Wildman–Crippen MR) is 146 cm³/mol. The van der Waals surface area contributed by atoms with Gasteiger partial charge in [0.2, 0.25) is 5.76 Å². The second-order valence-corrected chi connectivity index (χ2v) is 33.5. The van der Waals surface area contributed by atoms with Crippen molar-refractivity contribution in [1.82, 2.24) is 0 Å². The largest absolute Gasteiger partial charge is 0.256 e. The first-order valence-corrected chi connectivity index (χ1v) is 25.4. The van der Waals surface area contributed by atoms with E-state index in [0.29, 0.717) is 0 Å². The van der Waals surface area contributed by atoms with Gasteiger partial charge >= 0.3 is 0 Å². The first kappa shape index (κ1) is 27.6. The SMILES string of the molecule is CCSP1(Cl)=NP(SCC)(SCC)=NP(SCC)(SCC)=NP(Cl)(Cl)=N1. The van der Waals surface area contributed by atoms with Crippen LogP contribution < -0.4 is 0 Å². The van der Waals surface area contributed by atoms with Gasteiger partial charge in [0.1, 0.15) is 0 Å². The Hall–Kier alpha value is 3.54. The molecule has 0 spiro atoms. The molecule has 0 aromatic rings. The highest BCUT2D eigenvalue weighted by molar-refractivity contribution is 8.96. The Bertz CT molecular complexity index is 678. The van der Waals surface area contributed by atoms with Gasteiger partial charge in [0, 0.05) is 0 Å². The lowest BCUT2D eigenvalue weighted by Crippen LogP contribution is -1.79. The van der Waals surface area contributed by atoms with E-state index in [-0.39, 0.29) is 0 Å². The molecule has 0 bridgehead atoms. The van der Waals surface area contributed by atoms with Crippen molar-refractivity contribution in [2.45, 2.75) is 34.6 Å². The molecule has 1 aliphatic rings. The first-order valence-electron chi connectivity index (χ1n) is 8.00. The van der Waals surface area contributed by atoms with Gasteiger partial charge in [-0.1, -0.05) is 91.5 Å². The molecule has 0 N–H and O–H groups in total. The molecule has 1 heterocycles. The Morgan fingerprint density at radius 3 is 1.31 bits per heavy atom.